The molecule has 0 fully saturated rings. The lowest BCUT2D eigenvalue weighted by molar-refractivity contribution is 0.0248. The van der Waals surface area contributed by atoms with Gasteiger partial charge in [0, 0.05) is 6.20 Å². The minimum Gasteiger partial charge on any atom is -0.384 e. The van der Waals surface area contributed by atoms with Gasteiger partial charge in [0.1, 0.15) is 11.0 Å². The van der Waals surface area contributed by atoms with Crippen LogP contribution in [0.2, 0.25) is 0 Å². The normalized spacial score (nSPS) is 18.5. The number of aliphatic hydroxyl groups is 1. The van der Waals surface area contributed by atoms with Crippen molar-refractivity contribution in [3.63, 3.8) is 0 Å². The van der Waals surface area contributed by atoms with Gasteiger partial charge in [0.25, 0.3) is 5.56 Å². The molecule has 146 valence electrons. The van der Waals surface area contributed by atoms with E-state index in [2.05, 4.69) is 23.5 Å². The fourth-order valence-corrected chi connectivity index (χ4v) is 4.28. The highest BCUT2D eigenvalue weighted by atomic mass is 32.2. The number of aromatic nitrogens is 5. The summed E-state index contributed by atoms with van der Waals surface area (Å²) in [5.41, 5.74) is 1.19. The summed E-state index contributed by atoms with van der Waals surface area (Å²) in [4.78, 5) is 26.5. The van der Waals surface area contributed by atoms with Crippen LogP contribution in [-0.4, -0.2) is 35.7 Å². The van der Waals surface area contributed by atoms with Gasteiger partial charge in [-0.25, -0.2) is 24.3 Å². The molecule has 1 aliphatic rings. The van der Waals surface area contributed by atoms with Gasteiger partial charge in [0.15, 0.2) is 16.6 Å². The number of fused-ring (bicyclic) bond motifs is 2. The number of pyridine rings is 1. The van der Waals surface area contributed by atoms with Crippen LogP contribution in [0.15, 0.2) is 40.9 Å². The first-order chi connectivity index (χ1) is 13.5. The number of aryl methyl sites for hydroxylation is 1. The van der Waals surface area contributed by atoms with Crippen molar-refractivity contribution >= 4 is 22.8 Å². The third kappa shape index (κ3) is 2.87. The Kier molecular flexibility index (Phi) is 4.84. The van der Waals surface area contributed by atoms with E-state index in [4.69, 9.17) is 4.98 Å². The van der Waals surface area contributed by atoms with E-state index in [1.807, 2.05) is 18.4 Å². The van der Waals surface area contributed by atoms with E-state index >= 15 is 0 Å². The predicted octanol–water partition coefficient (Wildman–Crippen LogP) is 2.82. The zero-order chi connectivity index (χ0) is 19.9. The Hall–Kier alpha value is -2.45. The molecule has 0 spiro atoms. The summed E-state index contributed by atoms with van der Waals surface area (Å²) < 4.78 is 3.27. The molecular weight excluding hydrogens is 374 g/mol. The van der Waals surface area contributed by atoms with Crippen LogP contribution in [0, 0.1) is 0 Å². The molecule has 0 aromatic carbocycles. The minimum atomic E-state index is -0.911. The van der Waals surface area contributed by atoms with Gasteiger partial charge in [-0.2, -0.15) is 0 Å². The Morgan fingerprint density at radius 1 is 1.39 bits per heavy atom. The first-order valence-corrected chi connectivity index (χ1v) is 10.6. The molecule has 3 aromatic rings. The fourth-order valence-electron chi connectivity index (χ4n) is 3.95. The summed E-state index contributed by atoms with van der Waals surface area (Å²) in [6.07, 6.45) is 8.15. The van der Waals surface area contributed by atoms with Gasteiger partial charge in [-0.05, 0) is 37.1 Å². The lowest BCUT2D eigenvalue weighted by Crippen LogP contribution is -2.25. The van der Waals surface area contributed by atoms with Crippen molar-refractivity contribution in [3.8, 4) is 5.82 Å². The van der Waals surface area contributed by atoms with Crippen LogP contribution in [0.4, 0.5) is 0 Å². The number of allylic oxidation sites excluding steroid dienone is 1. The number of hydrogen-bond donors (Lipinski definition) is 1. The fraction of sp³-hybridized carbons (Fsp3) is 0.400. The second-order valence-corrected chi connectivity index (χ2v) is 7.81. The molecule has 0 unspecified atom stereocenters. The standard InChI is InChI=1S/C20H23N5O2S/c1-4-9-20(27)10-8-13-6-7-15(22-16(13)20)25-17-14(12-21-19(23-17)28-3)18(26)24(25)11-5-2/h5-7,12,27H,2,4,8-11H2,1,3H3/t20-/m1/s1. The van der Waals surface area contributed by atoms with Gasteiger partial charge < -0.3 is 5.11 Å². The third-order valence-electron chi connectivity index (χ3n) is 5.23. The van der Waals surface area contributed by atoms with Crippen molar-refractivity contribution < 1.29 is 5.11 Å². The molecule has 0 radical (unpaired) electrons. The van der Waals surface area contributed by atoms with Crippen molar-refractivity contribution in [2.24, 2.45) is 0 Å². The summed E-state index contributed by atoms with van der Waals surface area (Å²) in [7, 11) is 0. The highest BCUT2D eigenvalue weighted by Gasteiger charge is 2.37. The number of hydrogen-bond acceptors (Lipinski definition) is 6. The maximum Gasteiger partial charge on any atom is 0.278 e. The monoisotopic (exact) mass is 397 g/mol. The zero-order valence-electron chi connectivity index (χ0n) is 16.1. The minimum absolute atomic E-state index is 0.186. The Morgan fingerprint density at radius 2 is 2.21 bits per heavy atom. The second-order valence-electron chi connectivity index (χ2n) is 7.04. The van der Waals surface area contributed by atoms with Crippen LogP contribution >= 0.6 is 11.8 Å². The van der Waals surface area contributed by atoms with Crippen LogP contribution < -0.4 is 5.56 Å². The highest BCUT2D eigenvalue weighted by Crippen LogP contribution is 2.39. The first kappa shape index (κ1) is 18.9. The van der Waals surface area contributed by atoms with Crippen LogP contribution in [0.25, 0.3) is 16.9 Å². The van der Waals surface area contributed by atoms with Crippen LogP contribution in [0.5, 0.6) is 0 Å². The molecule has 28 heavy (non-hydrogen) atoms. The molecule has 3 heterocycles. The Bertz CT molecular complexity index is 1120. The van der Waals surface area contributed by atoms with Gasteiger partial charge >= 0.3 is 0 Å². The molecule has 0 aliphatic heterocycles. The SMILES string of the molecule is C=CCn1c(=O)c2cnc(SC)nc2n1-c1ccc2c(n1)[C@@](O)(CCC)CC2. The second kappa shape index (κ2) is 7.18. The summed E-state index contributed by atoms with van der Waals surface area (Å²) in [5.74, 6) is 0.565. The average molecular weight is 398 g/mol. The van der Waals surface area contributed by atoms with Gasteiger partial charge in [0.05, 0.1) is 12.2 Å². The number of thioether (sulfide) groups is 1. The van der Waals surface area contributed by atoms with Crippen molar-refractivity contribution in [1.29, 1.82) is 0 Å². The number of nitrogens with zero attached hydrogens (tertiary/aromatic N) is 5. The molecule has 7 nitrogen and oxygen atoms in total. The molecule has 8 heteroatoms. The maximum atomic E-state index is 12.9. The van der Waals surface area contributed by atoms with Crippen molar-refractivity contribution in [3.05, 3.63) is 52.6 Å². The molecular formula is C20H23N5O2S. The molecule has 1 aliphatic carbocycles. The summed E-state index contributed by atoms with van der Waals surface area (Å²) in [5, 5.41) is 12.1. The quantitative estimate of drug-likeness (QED) is 0.391. The maximum absolute atomic E-state index is 12.9. The predicted molar refractivity (Wildman–Crippen MR) is 110 cm³/mol. The molecule has 1 atom stereocenters. The van der Waals surface area contributed by atoms with E-state index in [-0.39, 0.29) is 5.56 Å². The molecule has 0 saturated heterocycles. The van der Waals surface area contributed by atoms with Gasteiger partial charge in [-0.15, -0.1) is 6.58 Å². The lowest BCUT2D eigenvalue weighted by Gasteiger charge is -2.23. The van der Waals surface area contributed by atoms with Crippen molar-refractivity contribution in [1.82, 2.24) is 24.3 Å². The van der Waals surface area contributed by atoms with Crippen molar-refractivity contribution in [2.75, 3.05) is 6.26 Å². The average Bonchev–Trinajstić information content (AvgIpc) is 3.17. The zero-order valence-corrected chi connectivity index (χ0v) is 16.9. The molecule has 4 rings (SSSR count). The first-order valence-electron chi connectivity index (χ1n) is 9.39. The molecule has 0 saturated carbocycles. The van der Waals surface area contributed by atoms with Gasteiger partial charge in [0.2, 0.25) is 0 Å². The Balaban J connectivity index is 1.98. The van der Waals surface area contributed by atoms with E-state index in [0.29, 0.717) is 47.1 Å². The molecule has 0 bridgehead atoms. The Labute approximate surface area is 167 Å². The van der Waals surface area contributed by atoms with Gasteiger partial charge in [-0.1, -0.05) is 37.2 Å². The highest BCUT2D eigenvalue weighted by molar-refractivity contribution is 7.98. The number of rotatable bonds is 6. The van der Waals surface area contributed by atoms with Crippen molar-refractivity contribution in [2.45, 2.75) is 49.9 Å². The van der Waals surface area contributed by atoms with E-state index in [1.165, 1.54) is 11.8 Å². The smallest absolute Gasteiger partial charge is 0.278 e. The van der Waals surface area contributed by atoms with E-state index < -0.39 is 5.60 Å². The van der Waals surface area contributed by atoms with Gasteiger partial charge in [-0.3, -0.25) is 4.79 Å². The third-order valence-corrected chi connectivity index (χ3v) is 5.79. The van der Waals surface area contributed by atoms with E-state index in [9.17, 15) is 9.90 Å². The summed E-state index contributed by atoms with van der Waals surface area (Å²) in [6, 6.07) is 3.88. The van der Waals surface area contributed by atoms with E-state index in [1.54, 1.807) is 21.6 Å². The molecule has 1 N–H and O–H groups in total. The van der Waals surface area contributed by atoms with E-state index in [0.717, 1.165) is 18.4 Å². The van der Waals surface area contributed by atoms with Crippen LogP contribution in [0.3, 0.4) is 0 Å². The molecule has 0 amide bonds. The largest absolute Gasteiger partial charge is 0.384 e. The topological polar surface area (TPSA) is 85.8 Å². The Morgan fingerprint density at radius 3 is 2.93 bits per heavy atom. The summed E-state index contributed by atoms with van der Waals surface area (Å²) in [6.45, 7) is 6.15. The lowest BCUT2D eigenvalue weighted by atomic mass is 9.95. The molecule has 3 aromatic heterocycles. The van der Waals surface area contributed by atoms with Crippen LogP contribution in [0.1, 0.15) is 37.4 Å². The summed E-state index contributed by atoms with van der Waals surface area (Å²) >= 11 is 1.42. The van der Waals surface area contributed by atoms with Crippen LogP contribution in [-0.2, 0) is 18.6 Å².